The molecular formula is C8H14N2. The largest absolute Gasteiger partial charge is 0.382 e. The van der Waals surface area contributed by atoms with Crippen molar-refractivity contribution >= 4 is 6.21 Å². The Bertz CT molecular complexity index is 155. The number of hydrogen-bond acceptors (Lipinski definition) is 2. The lowest BCUT2D eigenvalue weighted by molar-refractivity contribution is 0.557. The number of aliphatic imine (C=N–C) groups is 1. The monoisotopic (exact) mass is 138 g/mol. The Balaban J connectivity index is 3.93. The van der Waals surface area contributed by atoms with E-state index in [1.807, 2.05) is 32.1 Å². The second-order valence-electron chi connectivity index (χ2n) is 2.25. The molecule has 0 unspecified atom stereocenters. The van der Waals surface area contributed by atoms with E-state index < -0.39 is 0 Å². The van der Waals surface area contributed by atoms with Crippen molar-refractivity contribution in [1.29, 1.82) is 0 Å². The lowest BCUT2D eigenvalue weighted by Crippen LogP contribution is -2.01. The maximum atomic E-state index is 4.06. The molecule has 0 aliphatic rings. The molecule has 0 N–H and O–H groups in total. The predicted octanol–water partition coefficient (Wildman–Crippen LogP) is 1.67. The lowest BCUT2D eigenvalue weighted by Gasteiger charge is -2.03. The third-order valence-corrected chi connectivity index (χ3v) is 0.829. The quantitative estimate of drug-likeness (QED) is 0.541. The van der Waals surface area contributed by atoms with Crippen molar-refractivity contribution in [3.05, 3.63) is 24.6 Å². The molecule has 0 aliphatic heterocycles. The highest BCUT2D eigenvalue weighted by Crippen LogP contribution is 1.93. The highest BCUT2D eigenvalue weighted by molar-refractivity contribution is 5.71. The Labute approximate surface area is 62.6 Å². The Morgan fingerprint density at radius 3 is 2.50 bits per heavy atom. The Kier molecular flexibility index (Phi) is 4.29. The third kappa shape index (κ3) is 5.09. The fraction of sp³-hybridized carbons (Fsp3) is 0.375. The first-order valence-electron chi connectivity index (χ1n) is 3.16. The predicted molar refractivity (Wildman–Crippen MR) is 46.1 cm³/mol. The van der Waals surface area contributed by atoms with Crippen LogP contribution in [0, 0.1) is 0 Å². The highest BCUT2D eigenvalue weighted by atomic mass is 15.0. The van der Waals surface area contributed by atoms with Crippen molar-refractivity contribution in [2.75, 3.05) is 14.1 Å². The Morgan fingerprint density at radius 2 is 2.10 bits per heavy atom. The summed E-state index contributed by atoms with van der Waals surface area (Å²) in [5, 5.41) is 0. The van der Waals surface area contributed by atoms with E-state index in [2.05, 4.69) is 11.6 Å². The van der Waals surface area contributed by atoms with Crippen LogP contribution in [0.3, 0.4) is 0 Å². The highest BCUT2D eigenvalue weighted by Gasteiger charge is 1.81. The van der Waals surface area contributed by atoms with Crippen LogP contribution < -0.4 is 0 Å². The fourth-order valence-corrected chi connectivity index (χ4v) is 0.577. The minimum Gasteiger partial charge on any atom is -0.382 e. The van der Waals surface area contributed by atoms with Crippen LogP contribution >= 0.6 is 0 Å². The second kappa shape index (κ2) is 4.79. The molecular weight excluding hydrogens is 124 g/mol. The van der Waals surface area contributed by atoms with Gasteiger partial charge in [0.15, 0.2) is 0 Å². The Morgan fingerprint density at radius 1 is 1.50 bits per heavy atom. The zero-order valence-electron chi connectivity index (χ0n) is 6.83. The van der Waals surface area contributed by atoms with Crippen LogP contribution in [0.5, 0.6) is 0 Å². The van der Waals surface area contributed by atoms with Gasteiger partial charge in [0.05, 0.1) is 5.70 Å². The van der Waals surface area contributed by atoms with E-state index in [0.717, 1.165) is 5.70 Å². The summed E-state index contributed by atoms with van der Waals surface area (Å²) in [6.07, 6.45) is 5.28. The van der Waals surface area contributed by atoms with Crippen LogP contribution in [0.4, 0.5) is 0 Å². The van der Waals surface area contributed by atoms with Gasteiger partial charge in [-0.1, -0.05) is 12.7 Å². The van der Waals surface area contributed by atoms with E-state index >= 15 is 0 Å². The van der Waals surface area contributed by atoms with Gasteiger partial charge in [-0.25, -0.2) is 0 Å². The fourth-order valence-electron chi connectivity index (χ4n) is 0.577. The molecule has 10 heavy (non-hydrogen) atoms. The number of rotatable bonds is 3. The normalized spacial score (nSPS) is 12.1. The van der Waals surface area contributed by atoms with Crippen molar-refractivity contribution in [3.8, 4) is 0 Å². The Hall–Kier alpha value is -1.05. The first kappa shape index (κ1) is 8.95. The van der Waals surface area contributed by atoms with Gasteiger partial charge in [0.25, 0.3) is 0 Å². The summed E-state index contributed by atoms with van der Waals surface area (Å²) in [7, 11) is 3.93. The van der Waals surface area contributed by atoms with Crippen molar-refractivity contribution in [2.45, 2.75) is 6.92 Å². The van der Waals surface area contributed by atoms with Gasteiger partial charge in [0.1, 0.15) is 0 Å². The lowest BCUT2D eigenvalue weighted by atomic mass is 10.5. The molecule has 0 rings (SSSR count). The van der Waals surface area contributed by atoms with E-state index in [1.165, 1.54) is 0 Å². The molecule has 56 valence electrons. The molecule has 0 radical (unpaired) electrons. The third-order valence-electron chi connectivity index (χ3n) is 0.829. The average Bonchev–Trinajstić information content (AvgIpc) is 1.82. The van der Waals surface area contributed by atoms with Crippen molar-refractivity contribution in [1.82, 2.24) is 4.90 Å². The van der Waals surface area contributed by atoms with E-state index in [4.69, 9.17) is 0 Å². The molecule has 2 nitrogen and oxygen atoms in total. The molecule has 0 aromatic heterocycles. The summed E-state index contributed by atoms with van der Waals surface area (Å²) in [5.74, 6) is 0. The summed E-state index contributed by atoms with van der Waals surface area (Å²) in [5.41, 5.74) is 0.977. The first-order chi connectivity index (χ1) is 4.66. The minimum atomic E-state index is 0.977. The molecule has 0 spiro atoms. The summed E-state index contributed by atoms with van der Waals surface area (Å²) in [6.45, 7) is 5.47. The molecule has 0 bridgehead atoms. The maximum Gasteiger partial charge on any atom is 0.0530 e. The van der Waals surface area contributed by atoms with E-state index in [-0.39, 0.29) is 0 Å². The summed E-state index contributed by atoms with van der Waals surface area (Å²) >= 11 is 0. The van der Waals surface area contributed by atoms with Gasteiger partial charge in [-0.05, 0) is 6.92 Å². The van der Waals surface area contributed by atoms with Crippen molar-refractivity contribution < 1.29 is 0 Å². The summed E-state index contributed by atoms with van der Waals surface area (Å²) in [6, 6.07) is 0. The molecule has 0 atom stereocenters. The van der Waals surface area contributed by atoms with Crippen molar-refractivity contribution in [2.24, 2.45) is 4.99 Å². The van der Waals surface area contributed by atoms with Gasteiger partial charge < -0.3 is 4.90 Å². The average molecular weight is 138 g/mol. The summed E-state index contributed by atoms with van der Waals surface area (Å²) in [4.78, 5) is 6.01. The van der Waals surface area contributed by atoms with E-state index in [1.54, 1.807) is 12.3 Å². The standard InChI is InChI=1S/C8H14N2/c1-5-6-9-8(2)7-10(3)4/h5-7H,1H2,2-4H3/b8-7-,9-6?. The zero-order valence-corrected chi connectivity index (χ0v) is 6.83. The van der Waals surface area contributed by atoms with Gasteiger partial charge in [0, 0.05) is 26.5 Å². The molecule has 0 aliphatic carbocycles. The molecule has 0 aromatic rings. The molecule has 0 saturated carbocycles. The van der Waals surface area contributed by atoms with Crippen LogP contribution in [0.15, 0.2) is 29.5 Å². The zero-order chi connectivity index (χ0) is 7.98. The number of nitrogens with zero attached hydrogens (tertiary/aromatic N) is 2. The van der Waals surface area contributed by atoms with Crippen molar-refractivity contribution in [3.63, 3.8) is 0 Å². The second-order valence-corrected chi connectivity index (χ2v) is 2.25. The van der Waals surface area contributed by atoms with Crippen LogP contribution in [-0.2, 0) is 0 Å². The molecule has 0 amide bonds. The van der Waals surface area contributed by atoms with Crippen LogP contribution in [0.25, 0.3) is 0 Å². The SMILES string of the molecule is C=CC=N/C(C)=C\N(C)C. The molecule has 0 saturated heterocycles. The van der Waals surface area contributed by atoms with Gasteiger partial charge in [-0.15, -0.1) is 0 Å². The van der Waals surface area contributed by atoms with Crippen LogP contribution in [0.1, 0.15) is 6.92 Å². The molecule has 0 heterocycles. The number of allylic oxidation sites excluding steroid dienone is 2. The maximum absolute atomic E-state index is 4.06. The van der Waals surface area contributed by atoms with Gasteiger partial charge in [0.2, 0.25) is 0 Å². The first-order valence-corrected chi connectivity index (χ1v) is 3.16. The molecule has 2 heteroatoms. The number of hydrogen-bond donors (Lipinski definition) is 0. The minimum absolute atomic E-state index is 0.977. The smallest absolute Gasteiger partial charge is 0.0530 e. The van der Waals surface area contributed by atoms with Crippen LogP contribution in [-0.4, -0.2) is 25.2 Å². The van der Waals surface area contributed by atoms with E-state index in [9.17, 15) is 0 Å². The van der Waals surface area contributed by atoms with Gasteiger partial charge >= 0.3 is 0 Å². The molecule has 0 fully saturated rings. The van der Waals surface area contributed by atoms with Crippen LogP contribution in [0.2, 0.25) is 0 Å². The van der Waals surface area contributed by atoms with E-state index in [0.29, 0.717) is 0 Å². The van der Waals surface area contributed by atoms with Gasteiger partial charge in [-0.2, -0.15) is 0 Å². The topological polar surface area (TPSA) is 15.6 Å². The summed E-state index contributed by atoms with van der Waals surface area (Å²) < 4.78 is 0. The molecule has 0 aromatic carbocycles. The van der Waals surface area contributed by atoms with Gasteiger partial charge in [-0.3, -0.25) is 4.99 Å².